The Bertz CT molecular complexity index is 588. The highest BCUT2D eigenvalue weighted by atomic mass is 32.2. The van der Waals surface area contributed by atoms with E-state index in [0.29, 0.717) is 11.3 Å². The number of nitrogens with one attached hydrogen (secondary N) is 2. The summed E-state index contributed by atoms with van der Waals surface area (Å²) in [7, 11) is 0. The van der Waals surface area contributed by atoms with Crippen LogP contribution < -0.4 is 16.6 Å². The topological polar surface area (TPSA) is 80.0 Å². The second kappa shape index (κ2) is 6.21. The number of nitrogens with two attached hydrogens (primary N) is 1. The van der Waals surface area contributed by atoms with E-state index in [1.165, 1.54) is 6.20 Å². The summed E-state index contributed by atoms with van der Waals surface area (Å²) >= 11 is 1.57. The maximum absolute atomic E-state index is 12.2. The molecular weight excluding hydrogens is 260 g/mol. The molecule has 98 valence electrons. The molecule has 0 fully saturated rings. The van der Waals surface area contributed by atoms with Crippen molar-refractivity contribution in [1.29, 1.82) is 0 Å². The van der Waals surface area contributed by atoms with Crippen LogP contribution in [0.25, 0.3) is 0 Å². The van der Waals surface area contributed by atoms with Crippen LogP contribution in [0.5, 0.6) is 0 Å². The number of benzene rings is 1. The molecule has 4 N–H and O–H groups in total. The van der Waals surface area contributed by atoms with Crippen LogP contribution in [0.2, 0.25) is 0 Å². The summed E-state index contributed by atoms with van der Waals surface area (Å²) in [5.74, 6) is 5.13. The van der Waals surface area contributed by atoms with Gasteiger partial charge in [-0.2, -0.15) is 0 Å². The predicted molar refractivity (Wildman–Crippen MR) is 78.2 cm³/mol. The highest BCUT2D eigenvalue weighted by Crippen LogP contribution is 2.25. The normalized spacial score (nSPS) is 10.0. The summed E-state index contributed by atoms with van der Waals surface area (Å²) in [5.41, 5.74) is 4.19. The van der Waals surface area contributed by atoms with Crippen molar-refractivity contribution in [2.24, 2.45) is 5.84 Å². The molecule has 2 rings (SSSR count). The Morgan fingerprint density at radius 3 is 2.79 bits per heavy atom. The summed E-state index contributed by atoms with van der Waals surface area (Å²) in [6, 6.07) is 9.26. The van der Waals surface area contributed by atoms with Gasteiger partial charge in [-0.3, -0.25) is 15.6 Å². The first-order valence-electron chi connectivity index (χ1n) is 5.61. The summed E-state index contributed by atoms with van der Waals surface area (Å²) in [5, 5.41) is 2.86. The van der Waals surface area contributed by atoms with Gasteiger partial charge >= 0.3 is 0 Å². The SMILES string of the molecule is CSc1ccccc1NC(=O)c1cnccc1NN. The Hall–Kier alpha value is -2.05. The summed E-state index contributed by atoms with van der Waals surface area (Å²) in [4.78, 5) is 17.1. The van der Waals surface area contributed by atoms with Gasteiger partial charge in [0.15, 0.2) is 0 Å². The van der Waals surface area contributed by atoms with E-state index >= 15 is 0 Å². The molecule has 0 bridgehead atoms. The monoisotopic (exact) mass is 274 g/mol. The molecule has 0 aliphatic carbocycles. The number of hydrazine groups is 1. The number of rotatable bonds is 4. The Morgan fingerprint density at radius 1 is 1.26 bits per heavy atom. The minimum absolute atomic E-state index is 0.248. The molecule has 0 radical (unpaired) electrons. The molecule has 0 atom stereocenters. The van der Waals surface area contributed by atoms with Crippen molar-refractivity contribution < 1.29 is 4.79 Å². The third kappa shape index (κ3) is 3.04. The van der Waals surface area contributed by atoms with Gasteiger partial charge in [0.25, 0.3) is 5.91 Å². The van der Waals surface area contributed by atoms with E-state index < -0.39 is 0 Å². The molecule has 6 heteroatoms. The second-order valence-corrected chi connectivity index (χ2v) is 4.57. The number of para-hydroxylation sites is 1. The number of hydrogen-bond acceptors (Lipinski definition) is 5. The van der Waals surface area contributed by atoms with Crippen LogP contribution in [-0.4, -0.2) is 17.1 Å². The Balaban J connectivity index is 2.26. The van der Waals surface area contributed by atoms with E-state index in [9.17, 15) is 4.79 Å². The lowest BCUT2D eigenvalue weighted by atomic mass is 10.2. The van der Waals surface area contributed by atoms with Crippen molar-refractivity contribution in [1.82, 2.24) is 4.98 Å². The number of thioether (sulfide) groups is 1. The van der Waals surface area contributed by atoms with Gasteiger partial charge in [-0.25, -0.2) is 0 Å². The van der Waals surface area contributed by atoms with E-state index in [1.807, 2.05) is 30.5 Å². The first kappa shape index (κ1) is 13.4. The molecule has 5 nitrogen and oxygen atoms in total. The van der Waals surface area contributed by atoms with Gasteiger partial charge in [-0.15, -0.1) is 11.8 Å². The fraction of sp³-hybridized carbons (Fsp3) is 0.0769. The van der Waals surface area contributed by atoms with Crippen LogP contribution in [0.4, 0.5) is 11.4 Å². The molecule has 0 aliphatic rings. The minimum atomic E-state index is -0.248. The number of hydrogen-bond donors (Lipinski definition) is 3. The van der Waals surface area contributed by atoms with Crippen LogP contribution in [-0.2, 0) is 0 Å². The van der Waals surface area contributed by atoms with Gasteiger partial charge < -0.3 is 10.7 Å². The predicted octanol–water partition coefficient (Wildman–Crippen LogP) is 2.34. The van der Waals surface area contributed by atoms with Crippen molar-refractivity contribution >= 4 is 29.0 Å². The molecule has 1 amide bonds. The van der Waals surface area contributed by atoms with Crippen molar-refractivity contribution in [2.45, 2.75) is 4.90 Å². The van der Waals surface area contributed by atoms with Crippen LogP contribution >= 0.6 is 11.8 Å². The molecule has 0 saturated heterocycles. The second-order valence-electron chi connectivity index (χ2n) is 3.72. The van der Waals surface area contributed by atoms with Gasteiger partial charge in [-0.05, 0) is 24.5 Å². The molecule has 1 heterocycles. The van der Waals surface area contributed by atoms with Gasteiger partial charge in [0.05, 0.1) is 16.9 Å². The third-order valence-electron chi connectivity index (χ3n) is 2.58. The fourth-order valence-corrected chi connectivity index (χ4v) is 2.19. The first-order valence-corrected chi connectivity index (χ1v) is 6.83. The van der Waals surface area contributed by atoms with E-state index in [1.54, 1.807) is 24.0 Å². The smallest absolute Gasteiger partial charge is 0.259 e. The number of carbonyl (C=O) groups excluding carboxylic acids is 1. The number of carbonyl (C=O) groups is 1. The summed E-state index contributed by atoms with van der Waals surface area (Å²) < 4.78 is 0. The molecule has 1 aromatic heterocycles. The summed E-state index contributed by atoms with van der Waals surface area (Å²) in [6.07, 6.45) is 5.01. The zero-order chi connectivity index (χ0) is 13.7. The number of pyridine rings is 1. The van der Waals surface area contributed by atoms with Crippen molar-refractivity contribution in [3.05, 3.63) is 48.3 Å². The minimum Gasteiger partial charge on any atom is -0.323 e. The lowest BCUT2D eigenvalue weighted by molar-refractivity contribution is 0.102. The van der Waals surface area contributed by atoms with Crippen molar-refractivity contribution in [3.63, 3.8) is 0 Å². The van der Waals surface area contributed by atoms with Crippen molar-refractivity contribution in [3.8, 4) is 0 Å². The molecule has 0 spiro atoms. The van der Waals surface area contributed by atoms with E-state index in [2.05, 4.69) is 15.7 Å². The average molecular weight is 274 g/mol. The van der Waals surface area contributed by atoms with E-state index in [0.717, 1.165) is 10.6 Å². The van der Waals surface area contributed by atoms with E-state index in [4.69, 9.17) is 5.84 Å². The summed E-state index contributed by atoms with van der Waals surface area (Å²) in [6.45, 7) is 0. The highest BCUT2D eigenvalue weighted by Gasteiger charge is 2.12. The maximum Gasteiger partial charge on any atom is 0.259 e. The van der Waals surface area contributed by atoms with E-state index in [-0.39, 0.29) is 5.91 Å². The van der Waals surface area contributed by atoms with Gasteiger partial charge in [-0.1, -0.05) is 12.1 Å². The Labute approximate surface area is 115 Å². The number of aromatic nitrogens is 1. The number of anilines is 2. The van der Waals surface area contributed by atoms with Gasteiger partial charge in [0, 0.05) is 17.3 Å². The van der Waals surface area contributed by atoms with Gasteiger partial charge in [0.2, 0.25) is 0 Å². The number of nitrogen functional groups attached to an aromatic ring is 1. The molecular formula is C13H14N4OS. The molecule has 2 aromatic rings. The zero-order valence-corrected chi connectivity index (χ0v) is 11.2. The standard InChI is InChI=1S/C13H14N4OS/c1-19-12-5-3-2-4-11(12)16-13(18)9-8-15-7-6-10(9)17-14/h2-8H,14H2,1H3,(H,15,17)(H,16,18). The lowest BCUT2D eigenvalue weighted by Crippen LogP contribution is -2.17. The van der Waals surface area contributed by atoms with Crippen LogP contribution in [0, 0.1) is 0 Å². The maximum atomic E-state index is 12.2. The molecule has 19 heavy (non-hydrogen) atoms. The Morgan fingerprint density at radius 2 is 2.05 bits per heavy atom. The zero-order valence-electron chi connectivity index (χ0n) is 10.4. The molecule has 0 saturated carbocycles. The Kier molecular flexibility index (Phi) is 4.38. The fourth-order valence-electron chi connectivity index (χ4n) is 1.64. The third-order valence-corrected chi connectivity index (χ3v) is 3.37. The first-order chi connectivity index (χ1) is 9.26. The van der Waals surface area contributed by atoms with Crippen LogP contribution in [0.3, 0.4) is 0 Å². The quantitative estimate of drug-likeness (QED) is 0.453. The molecule has 0 aliphatic heterocycles. The number of amides is 1. The highest BCUT2D eigenvalue weighted by molar-refractivity contribution is 7.98. The lowest BCUT2D eigenvalue weighted by Gasteiger charge is -2.11. The molecule has 1 aromatic carbocycles. The van der Waals surface area contributed by atoms with Crippen molar-refractivity contribution in [2.75, 3.05) is 17.0 Å². The number of nitrogens with zero attached hydrogens (tertiary/aromatic N) is 1. The van der Waals surface area contributed by atoms with Crippen LogP contribution in [0.15, 0.2) is 47.6 Å². The van der Waals surface area contributed by atoms with Crippen LogP contribution in [0.1, 0.15) is 10.4 Å². The van der Waals surface area contributed by atoms with Gasteiger partial charge in [0.1, 0.15) is 0 Å². The average Bonchev–Trinajstić information content (AvgIpc) is 2.47. The largest absolute Gasteiger partial charge is 0.323 e. The molecule has 0 unspecified atom stereocenters.